The minimum Gasteiger partial charge on any atom is -0.345 e. The van der Waals surface area contributed by atoms with Gasteiger partial charge in [-0.05, 0) is 36.5 Å². The number of nitrogens with one attached hydrogen (secondary N) is 1. The summed E-state index contributed by atoms with van der Waals surface area (Å²) >= 11 is 0. The maximum atomic E-state index is 12.2. The molecular weight excluding hydrogens is 236 g/mol. The molecule has 1 aromatic carbocycles. The quantitative estimate of drug-likeness (QED) is 0.857. The minimum atomic E-state index is -0.367. The van der Waals surface area contributed by atoms with Crippen molar-refractivity contribution in [2.45, 2.75) is 46.1 Å². The molecule has 3 N–H and O–H groups in total. The van der Waals surface area contributed by atoms with Crippen molar-refractivity contribution in [3.8, 4) is 0 Å². The fraction of sp³-hybridized carbons (Fsp3) is 0.562. The van der Waals surface area contributed by atoms with Crippen molar-refractivity contribution >= 4 is 5.91 Å². The van der Waals surface area contributed by atoms with Gasteiger partial charge in [0, 0.05) is 12.1 Å². The van der Waals surface area contributed by atoms with E-state index in [2.05, 4.69) is 33.0 Å². The Morgan fingerprint density at radius 2 is 1.74 bits per heavy atom. The Morgan fingerprint density at radius 3 is 2.11 bits per heavy atom. The summed E-state index contributed by atoms with van der Waals surface area (Å²) in [5.41, 5.74) is 7.34. The van der Waals surface area contributed by atoms with Gasteiger partial charge < -0.3 is 11.1 Å². The van der Waals surface area contributed by atoms with Crippen LogP contribution in [0, 0.1) is 5.92 Å². The zero-order valence-corrected chi connectivity index (χ0v) is 12.7. The summed E-state index contributed by atoms with van der Waals surface area (Å²) in [4.78, 5) is 12.2. The van der Waals surface area contributed by atoms with E-state index in [1.807, 2.05) is 31.2 Å². The summed E-state index contributed by atoms with van der Waals surface area (Å²) in [6.45, 7) is 10.8. The SMILES string of the molecule is CC(C)c1ccc(C(=O)NC(C)(CN)C(C)C)cc1. The molecule has 0 heterocycles. The fourth-order valence-corrected chi connectivity index (χ4v) is 1.78. The third-order valence-electron chi connectivity index (χ3n) is 3.94. The molecule has 3 nitrogen and oxygen atoms in total. The molecule has 0 saturated carbocycles. The number of benzene rings is 1. The molecule has 0 aliphatic rings. The molecule has 0 aliphatic heterocycles. The van der Waals surface area contributed by atoms with Crippen LogP contribution in [-0.4, -0.2) is 18.0 Å². The molecule has 3 heteroatoms. The Morgan fingerprint density at radius 1 is 1.21 bits per heavy atom. The summed E-state index contributed by atoms with van der Waals surface area (Å²) in [5, 5.41) is 3.04. The number of hydrogen-bond donors (Lipinski definition) is 2. The van der Waals surface area contributed by atoms with Crippen molar-refractivity contribution in [2.24, 2.45) is 11.7 Å². The Balaban J connectivity index is 2.83. The van der Waals surface area contributed by atoms with Crippen molar-refractivity contribution in [1.29, 1.82) is 0 Å². The summed E-state index contributed by atoms with van der Waals surface area (Å²) in [5.74, 6) is 0.704. The zero-order chi connectivity index (χ0) is 14.6. The standard InChI is InChI=1S/C16H26N2O/c1-11(2)13-6-8-14(9-7-13)15(19)18-16(5,10-17)12(3)4/h6-9,11-12H,10,17H2,1-5H3,(H,18,19). The second-order valence-corrected chi connectivity index (χ2v) is 6.01. The van der Waals surface area contributed by atoms with E-state index in [1.165, 1.54) is 5.56 Å². The number of amides is 1. The first-order chi connectivity index (χ1) is 8.80. The van der Waals surface area contributed by atoms with E-state index in [9.17, 15) is 4.79 Å². The molecule has 1 aromatic rings. The van der Waals surface area contributed by atoms with Crippen molar-refractivity contribution < 1.29 is 4.79 Å². The average molecular weight is 262 g/mol. The number of rotatable bonds is 5. The van der Waals surface area contributed by atoms with Gasteiger partial charge in [-0.3, -0.25) is 4.79 Å². The first-order valence-corrected chi connectivity index (χ1v) is 6.92. The zero-order valence-electron chi connectivity index (χ0n) is 12.7. The van der Waals surface area contributed by atoms with Crippen LogP contribution in [-0.2, 0) is 0 Å². The highest BCUT2D eigenvalue weighted by atomic mass is 16.1. The van der Waals surface area contributed by atoms with Crippen LogP contribution in [0.1, 0.15) is 56.5 Å². The van der Waals surface area contributed by atoms with Gasteiger partial charge in [0.15, 0.2) is 0 Å². The van der Waals surface area contributed by atoms with Gasteiger partial charge in [0.05, 0.1) is 5.54 Å². The van der Waals surface area contributed by atoms with Crippen LogP contribution in [0.15, 0.2) is 24.3 Å². The van der Waals surface area contributed by atoms with Crippen LogP contribution < -0.4 is 11.1 Å². The van der Waals surface area contributed by atoms with Gasteiger partial charge in [-0.2, -0.15) is 0 Å². The van der Waals surface area contributed by atoms with E-state index < -0.39 is 0 Å². The Hall–Kier alpha value is -1.35. The van der Waals surface area contributed by atoms with Gasteiger partial charge in [-0.15, -0.1) is 0 Å². The molecular formula is C16H26N2O. The maximum Gasteiger partial charge on any atom is 0.251 e. The van der Waals surface area contributed by atoms with Crippen LogP contribution >= 0.6 is 0 Å². The summed E-state index contributed by atoms with van der Waals surface area (Å²) in [6.07, 6.45) is 0. The van der Waals surface area contributed by atoms with Crippen molar-refractivity contribution in [3.05, 3.63) is 35.4 Å². The lowest BCUT2D eigenvalue weighted by atomic mass is 9.88. The van der Waals surface area contributed by atoms with Crippen molar-refractivity contribution in [3.63, 3.8) is 0 Å². The predicted octanol–water partition coefficient (Wildman–Crippen LogP) is 2.91. The van der Waals surface area contributed by atoms with E-state index >= 15 is 0 Å². The average Bonchev–Trinajstić information content (AvgIpc) is 2.38. The largest absolute Gasteiger partial charge is 0.345 e. The second-order valence-electron chi connectivity index (χ2n) is 6.01. The maximum absolute atomic E-state index is 12.2. The smallest absolute Gasteiger partial charge is 0.251 e. The number of carbonyl (C=O) groups is 1. The topological polar surface area (TPSA) is 55.1 Å². The van der Waals surface area contributed by atoms with E-state index in [0.29, 0.717) is 18.0 Å². The first kappa shape index (κ1) is 15.7. The lowest BCUT2D eigenvalue weighted by Gasteiger charge is -2.33. The molecule has 1 rings (SSSR count). The van der Waals surface area contributed by atoms with E-state index in [1.54, 1.807) is 0 Å². The molecule has 106 valence electrons. The first-order valence-electron chi connectivity index (χ1n) is 6.92. The highest BCUT2D eigenvalue weighted by molar-refractivity contribution is 5.94. The van der Waals surface area contributed by atoms with Gasteiger partial charge in [0.2, 0.25) is 0 Å². The van der Waals surface area contributed by atoms with Gasteiger partial charge in [-0.25, -0.2) is 0 Å². The van der Waals surface area contributed by atoms with Crippen LogP contribution in [0.4, 0.5) is 0 Å². The highest BCUT2D eigenvalue weighted by Crippen LogP contribution is 2.18. The third kappa shape index (κ3) is 3.80. The number of nitrogens with two attached hydrogens (primary N) is 1. The number of hydrogen-bond acceptors (Lipinski definition) is 2. The van der Waals surface area contributed by atoms with Crippen LogP contribution in [0.5, 0.6) is 0 Å². The molecule has 0 fully saturated rings. The number of carbonyl (C=O) groups excluding carboxylic acids is 1. The molecule has 0 saturated heterocycles. The van der Waals surface area contributed by atoms with Gasteiger partial charge in [-0.1, -0.05) is 39.8 Å². The summed E-state index contributed by atoms with van der Waals surface area (Å²) in [7, 11) is 0. The summed E-state index contributed by atoms with van der Waals surface area (Å²) < 4.78 is 0. The van der Waals surface area contributed by atoms with Crippen LogP contribution in [0.3, 0.4) is 0 Å². The normalized spacial score (nSPS) is 14.5. The van der Waals surface area contributed by atoms with Crippen molar-refractivity contribution in [1.82, 2.24) is 5.32 Å². The van der Waals surface area contributed by atoms with Gasteiger partial charge in [0.1, 0.15) is 0 Å². The Kier molecular flexibility index (Phi) is 5.12. The van der Waals surface area contributed by atoms with E-state index in [-0.39, 0.29) is 17.4 Å². The molecule has 0 aliphatic carbocycles. The molecule has 0 spiro atoms. The molecule has 1 atom stereocenters. The van der Waals surface area contributed by atoms with Gasteiger partial charge in [0.25, 0.3) is 5.91 Å². The van der Waals surface area contributed by atoms with Gasteiger partial charge >= 0.3 is 0 Å². The molecule has 0 bridgehead atoms. The Bertz CT molecular complexity index is 423. The minimum absolute atomic E-state index is 0.0584. The third-order valence-corrected chi connectivity index (χ3v) is 3.94. The van der Waals surface area contributed by atoms with Crippen LogP contribution in [0.25, 0.3) is 0 Å². The fourth-order valence-electron chi connectivity index (χ4n) is 1.78. The Labute approximate surface area is 116 Å². The molecule has 1 unspecified atom stereocenters. The monoisotopic (exact) mass is 262 g/mol. The molecule has 1 amide bonds. The summed E-state index contributed by atoms with van der Waals surface area (Å²) in [6, 6.07) is 7.77. The van der Waals surface area contributed by atoms with E-state index in [0.717, 1.165) is 0 Å². The molecule has 0 aromatic heterocycles. The van der Waals surface area contributed by atoms with E-state index in [4.69, 9.17) is 5.73 Å². The molecule has 19 heavy (non-hydrogen) atoms. The van der Waals surface area contributed by atoms with Crippen LogP contribution in [0.2, 0.25) is 0 Å². The lowest BCUT2D eigenvalue weighted by Crippen LogP contribution is -2.55. The highest BCUT2D eigenvalue weighted by Gasteiger charge is 2.28. The second kappa shape index (κ2) is 6.20. The lowest BCUT2D eigenvalue weighted by molar-refractivity contribution is 0.0883. The molecule has 0 radical (unpaired) electrons. The van der Waals surface area contributed by atoms with Crippen molar-refractivity contribution in [2.75, 3.05) is 6.54 Å². The predicted molar refractivity (Wildman–Crippen MR) is 80.3 cm³/mol.